The second kappa shape index (κ2) is 5.92. The van der Waals surface area contributed by atoms with Crippen molar-refractivity contribution in [1.82, 2.24) is 4.90 Å². The van der Waals surface area contributed by atoms with E-state index in [1.165, 1.54) is 0 Å². The van der Waals surface area contributed by atoms with Gasteiger partial charge < -0.3 is 19.2 Å². The van der Waals surface area contributed by atoms with Crippen LogP contribution in [-0.4, -0.2) is 41.7 Å². The van der Waals surface area contributed by atoms with Gasteiger partial charge in [0.25, 0.3) is 5.91 Å². The number of halogens is 1. The van der Waals surface area contributed by atoms with Gasteiger partial charge in [-0.15, -0.1) is 0 Å². The van der Waals surface area contributed by atoms with Gasteiger partial charge in [0.15, 0.2) is 17.1 Å². The summed E-state index contributed by atoms with van der Waals surface area (Å²) in [6.45, 7) is 2.21. The molecule has 0 aliphatic carbocycles. The first kappa shape index (κ1) is 16.7. The predicted molar refractivity (Wildman–Crippen MR) is 95.2 cm³/mol. The lowest BCUT2D eigenvalue weighted by molar-refractivity contribution is 0.0535. The number of nitrogens with zero attached hydrogens (tertiary/aromatic N) is 1. The van der Waals surface area contributed by atoms with Crippen molar-refractivity contribution >= 4 is 28.5 Å². The molecule has 3 atom stereocenters. The average Bonchev–Trinajstić information content (AvgIpc) is 3.31. The molecule has 0 spiro atoms. The van der Waals surface area contributed by atoms with E-state index in [-0.39, 0.29) is 30.0 Å². The van der Waals surface area contributed by atoms with E-state index in [0.29, 0.717) is 22.1 Å². The lowest BCUT2D eigenvalue weighted by Crippen LogP contribution is -2.42. The number of fused-ring (bicyclic) bond motifs is 3. The fraction of sp³-hybridized carbons (Fsp3) is 0.526. The van der Waals surface area contributed by atoms with Gasteiger partial charge >= 0.3 is 0 Å². The lowest BCUT2D eigenvalue weighted by Gasteiger charge is -2.34. The molecule has 0 radical (unpaired) electrons. The van der Waals surface area contributed by atoms with Crippen LogP contribution < -0.4 is 4.74 Å². The van der Waals surface area contributed by atoms with Crippen molar-refractivity contribution < 1.29 is 19.1 Å². The molecule has 25 heavy (non-hydrogen) atoms. The first-order chi connectivity index (χ1) is 12.0. The number of aliphatic hydroxyl groups excluding tert-OH is 1. The van der Waals surface area contributed by atoms with Crippen LogP contribution in [0.1, 0.15) is 43.2 Å². The van der Waals surface area contributed by atoms with Crippen molar-refractivity contribution in [3.63, 3.8) is 0 Å². The monoisotopic (exact) mass is 363 g/mol. The summed E-state index contributed by atoms with van der Waals surface area (Å²) in [5.41, 5.74) is 0.358. The standard InChI is InChI=1S/C19H22ClNO4/c1-3-19(10-22)9-13-4-5-16(19)21(13)18(23)15-7-11-6-12(20)8-14(24-2)17(11)25-15/h6-8,13,16,22H,3-5,9-10H2,1-2H3/t13-,16+,19-/m0/s1. The number of ether oxygens (including phenoxy) is 1. The van der Waals surface area contributed by atoms with Crippen LogP contribution in [0.5, 0.6) is 5.75 Å². The van der Waals surface area contributed by atoms with E-state index >= 15 is 0 Å². The molecular weight excluding hydrogens is 342 g/mol. The van der Waals surface area contributed by atoms with Crippen LogP contribution in [0.2, 0.25) is 5.02 Å². The molecule has 2 fully saturated rings. The zero-order valence-electron chi connectivity index (χ0n) is 14.4. The SMILES string of the molecule is CC[C@@]1(CO)C[C@@H]2CC[C@H]1N2C(=O)c1cc2cc(Cl)cc(OC)c2o1. The Bertz CT molecular complexity index is 826. The normalized spacial score (nSPS) is 28.1. The number of hydrogen-bond donors (Lipinski definition) is 1. The third-order valence-electron chi connectivity index (χ3n) is 6.08. The fourth-order valence-electron chi connectivity index (χ4n) is 4.73. The van der Waals surface area contributed by atoms with E-state index in [1.807, 2.05) is 4.90 Å². The van der Waals surface area contributed by atoms with Crippen LogP contribution in [0.15, 0.2) is 22.6 Å². The number of aliphatic hydroxyl groups is 1. The van der Waals surface area contributed by atoms with Crippen LogP contribution in [0, 0.1) is 5.41 Å². The quantitative estimate of drug-likeness (QED) is 0.895. The Kier molecular flexibility index (Phi) is 3.96. The number of hydrogen-bond acceptors (Lipinski definition) is 4. The highest BCUT2D eigenvalue weighted by Gasteiger charge is 2.56. The summed E-state index contributed by atoms with van der Waals surface area (Å²) in [6, 6.07) is 5.44. The van der Waals surface area contributed by atoms with Crippen LogP contribution in [0.3, 0.4) is 0 Å². The Morgan fingerprint density at radius 2 is 2.24 bits per heavy atom. The van der Waals surface area contributed by atoms with Crippen molar-refractivity contribution in [2.24, 2.45) is 5.41 Å². The molecule has 5 nitrogen and oxygen atoms in total. The van der Waals surface area contributed by atoms with Crippen LogP contribution in [0.25, 0.3) is 11.0 Å². The molecular formula is C19H22ClNO4. The van der Waals surface area contributed by atoms with E-state index in [0.717, 1.165) is 31.1 Å². The smallest absolute Gasteiger partial charge is 0.290 e. The lowest BCUT2D eigenvalue weighted by atomic mass is 9.72. The van der Waals surface area contributed by atoms with E-state index in [4.69, 9.17) is 20.8 Å². The highest BCUT2D eigenvalue weighted by molar-refractivity contribution is 6.31. The number of rotatable bonds is 4. The third kappa shape index (κ3) is 2.36. The molecule has 1 aromatic carbocycles. The molecule has 0 saturated carbocycles. The maximum absolute atomic E-state index is 13.2. The molecule has 2 aliphatic heterocycles. The molecule has 4 rings (SSSR count). The maximum Gasteiger partial charge on any atom is 0.290 e. The zero-order chi connectivity index (χ0) is 17.8. The van der Waals surface area contributed by atoms with Crippen LogP contribution in [-0.2, 0) is 0 Å². The third-order valence-corrected chi connectivity index (χ3v) is 6.30. The number of benzene rings is 1. The highest BCUT2D eigenvalue weighted by Crippen LogP contribution is 2.52. The van der Waals surface area contributed by atoms with Crippen molar-refractivity contribution in [2.75, 3.05) is 13.7 Å². The number of methoxy groups -OCH3 is 1. The molecule has 3 heterocycles. The maximum atomic E-state index is 13.2. The summed E-state index contributed by atoms with van der Waals surface area (Å²) in [7, 11) is 1.55. The molecule has 2 saturated heterocycles. The van der Waals surface area contributed by atoms with Crippen molar-refractivity contribution in [3.05, 3.63) is 29.0 Å². The molecule has 0 unspecified atom stereocenters. The van der Waals surface area contributed by atoms with Crippen LogP contribution >= 0.6 is 11.6 Å². The second-order valence-electron chi connectivity index (χ2n) is 7.17. The molecule has 134 valence electrons. The van der Waals surface area contributed by atoms with Gasteiger partial charge in [-0.3, -0.25) is 4.79 Å². The van der Waals surface area contributed by atoms with Gasteiger partial charge in [0, 0.05) is 34.0 Å². The van der Waals surface area contributed by atoms with Crippen LogP contribution in [0.4, 0.5) is 0 Å². The molecule has 2 bridgehead atoms. The molecule has 1 aromatic heterocycles. The number of carbonyl (C=O) groups excluding carboxylic acids is 1. The van der Waals surface area contributed by atoms with Gasteiger partial charge in [0.2, 0.25) is 0 Å². The molecule has 2 aromatic rings. The summed E-state index contributed by atoms with van der Waals surface area (Å²) >= 11 is 6.11. The predicted octanol–water partition coefficient (Wildman–Crippen LogP) is 3.86. The van der Waals surface area contributed by atoms with E-state index in [1.54, 1.807) is 25.3 Å². The van der Waals surface area contributed by atoms with Gasteiger partial charge in [0.1, 0.15) is 0 Å². The van der Waals surface area contributed by atoms with Crippen molar-refractivity contribution in [3.8, 4) is 5.75 Å². The largest absolute Gasteiger partial charge is 0.493 e. The summed E-state index contributed by atoms with van der Waals surface area (Å²) < 4.78 is 11.2. The van der Waals surface area contributed by atoms with Crippen molar-refractivity contribution in [2.45, 2.75) is 44.7 Å². The van der Waals surface area contributed by atoms with Gasteiger partial charge in [0.05, 0.1) is 13.7 Å². The van der Waals surface area contributed by atoms with Gasteiger partial charge in [-0.25, -0.2) is 0 Å². The molecule has 6 heteroatoms. The Morgan fingerprint density at radius 1 is 1.44 bits per heavy atom. The van der Waals surface area contributed by atoms with Gasteiger partial charge in [-0.1, -0.05) is 18.5 Å². The first-order valence-electron chi connectivity index (χ1n) is 8.73. The second-order valence-corrected chi connectivity index (χ2v) is 7.61. The summed E-state index contributed by atoms with van der Waals surface area (Å²) in [5.74, 6) is 0.715. The first-order valence-corrected chi connectivity index (χ1v) is 9.11. The number of amides is 1. The molecule has 2 aliphatic rings. The van der Waals surface area contributed by atoms with Gasteiger partial charge in [-0.2, -0.15) is 0 Å². The Balaban J connectivity index is 1.71. The molecule has 1 amide bonds. The Morgan fingerprint density at radius 3 is 2.88 bits per heavy atom. The Hall–Kier alpha value is -1.72. The summed E-state index contributed by atoms with van der Waals surface area (Å²) in [5, 5.41) is 11.2. The zero-order valence-corrected chi connectivity index (χ0v) is 15.2. The summed E-state index contributed by atoms with van der Waals surface area (Å²) in [6.07, 6.45) is 3.68. The summed E-state index contributed by atoms with van der Waals surface area (Å²) in [4.78, 5) is 15.1. The van der Waals surface area contributed by atoms with Crippen molar-refractivity contribution in [1.29, 1.82) is 0 Å². The van der Waals surface area contributed by atoms with Gasteiger partial charge in [-0.05, 0) is 37.8 Å². The topological polar surface area (TPSA) is 62.9 Å². The number of carbonyl (C=O) groups is 1. The highest BCUT2D eigenvalue weighted by atomic mass is 35.5. The Labute approximate surface area is 151 Å². The minimum absolute atomic E-state index is 0.0821. The minimum Gasteiger partial charge on any atom is -0.493 e. The van der Waals surface area contributed by atoms with E-state index in [9.17, 15) is 9.90 Å². The van der Waals surface area contributed by atoms with E-state index < -0.39 is 0 Å². The minimum atomic E-state index is -0.175. The fourth-order valence-corrected chi connectivity index (χ4v) is 4.95. The average molecular weight is 364 g/mol. The number of furan rings is 1. The molecule has 1 N–H and O–H groups in total. The van der Waals surface area contributed by atoms with E-state index in [2.05, 4.69) is 6.92 Å².